The van der Waals surface area contributed by atoms with E-state index in [1.165, 1.54) is 6.92 Å². The Morgan fingerprint density at radius 3 is 1.58 bits per heavy atom. The van der Waals surface area contributed by atoms with Crippen LogP contribution in [0.1, 0.15) is 20.8 Å². The maximum Gasteiger partial charge on any atom is 0.217 e. The summed E-state index contributed by atoms with van der Waals surface area (Å²) in [7, 11) is 0. The number of hydrogen-bond acceptors (Lipinski definition) is 34. The van der Waals surface area contributed by atoms with Crippen molar-refractivity contribution in [2.45, 2.75) is 223 Å². The number of ether oxygens (including phenoxy) is 12. The zero-order valence-electron chi connectivity index (χ0n) is 43.7. The molecule has 0 saturated carbocycles. The van der Waals surface area contributed by atoms with Gasteiger partial charge in [0, 0.05) is 13.8 Å². The molecular weight excluding hydrogens is 1110 g/mol. The number of rotatable bonds is 23. The molecule has 0 bridgehead atoms. The molecule has 33 atom stereocenters. The molecule has 36 nitrogen and oxygen atoms in total. The van der Waals surface area contributed by atoms with Gasteiger partial charge in [0.1, 0.15) is 153 Å². The van der Waals surface area contributed by atoms with Gasteiger partial charge in [-0.15, -0.1) is 0 Å². The lowest BCUT2D eigenvalue weighted by molar-refractivity contribution is -0.403. The van der Waals surface area contributed by atoms with Gasteiger partial charge >= 0.3 is 0 Å². The largest absolute Gasteiger partial charge is 0.394 e. The Morgan fingerprint density at radius 2 is 1.01 bits per heavy atom. The molecule has 0 aromatic heterocycles. The third kappa shape index (κ3) is 15.6. The van der Waals surface area contributed by atoms with Crippen LogP contribution in [-0.4, -0.2) is 363 Å². The summed E-state index contributed by atoms with van der Waals surface area (Å²) in [6.45, 7) is -3.49. The molecule has 0 spiro atoms. The monoisotopic (exact) mass is 1190 g/mol. The van der Waals surface area contributed by atoms with Crippen molar-refractivity contribution in [3.63, 3.8) is 0 Å². The first-order chi connectivity index (χ1) is 38.2. The van der Waals surface area contributed by atoms with Gasteiger partial charge in [0.15, 0.2) is 37.7 Å². The van der Waals surface area contributed by atoms with E-state index in [0.717, 1.165) is 13.8 Å². The van der Waals surface area contributed by atoms with Crippen LogP contribution in [0.4, 0.5) is 0 Å². The first-order valence-corrected chi connectivity index (χ1v) is 25.8. The fourth-order valence-corrected chi connectivity index (χ4v) is 9.84. The maximum atomic E-state index is 12.9. The summed E-state index contributed by atoms with van der Waals surface area (Å²) >= 11 is 0. The van der Waals surface area contributed by atoms with E-state index in [-0.39, 0.29) is 0 Å². The number of aliphatic hydroxyl groups is 20. The van der Waals surface area contributed by atoms with Crippen LogP contribution in [-0.2, 0) is 66.4 Å². The standard InChI is InChI=1S/C45H78N2O34/c1-11-22(56)29(63)33(67)41(73-11)71-9-16(55)36(23(57)14(4-48)46-12(2)52)78-40-21(47-13(3)53)28(62)37(19(7-51)76-40)79-45-39(81-43-32(66)24(58)15(54)8-70-43)38(80-44-35(69)31(65)26(60)18(6-50)75-44)27(61)20(77-45)10-72-42-34(68)30(64)25(59)17(5-49)74-42/h11,14-45,48-51,54-69H,4-10H2,1-3H3,(H,46,52)(H,47,53)/t11-,14-,15+,16+,17+,18+,19+,20+,21+,22+,23+,24-,25+,26+,27+,28+,29+,30-,31-,32+,33-,34-,35-,36+,37+,38-,39-,40-,41+,42-,43-,44+,45-/m0/s1. The summed E-state index contributed by atoms with van der Waals surface area (Å²) in [5, 5.41) is 220. The Labute approximate surface area is 459 Å². The summed E-state index contributed by atoms with van der Waals surface area (Å²) < 4.78 is 69.5. The smallest absolute Gasteiger partial charge is 0.217 e. The molecular formula is C45H78N2O34. The number of carbonyl (C=O) groups is 2. The van der Waals surface area contributed by atoms with Crippen LogP contribution in [0.3, 0.4) is 0 Å². The molecule has 6 heterocycles. The van der Waals surface area contributed by atoms with Crippen LogP contribution < -0.4 is 10.6 Å². The number of nitrogens with one attached hydrogen (secondary N) is 2. The van der Waals surface area contributed by atoms with Crippen molar-refractivity contribution in [1.82, 2.24) is 10.6 Å². The third-order valence-corrected chi connectivity index (χ3v) is 14.5. The van der Waals surface area contributed by atoms with E-state index >= 15 is 0 Å². The van der Waals surface area contributed by atoms with E-state index in [1.54, 1.807) is 0 Å². The molecule has 0 aromatic rings. The van der Waals surface area contributed by atoms with E-state index in [2.05, 4.69) is 10.6 Å². The highest BCUT2D eigenvalue weighted by Gasteiger charge is 2.58. The third-order valence-electron chi connectivity index (χ3n) is 14.5. The minimum absolute atomic E-state index is 0.719. The Morgan fingerprint density at radius 1 is 0.506 bits per heavy atom. The second-order valence-electron chi connectivity index (χ2n) is 20.4. The number of aliphatic hydroxyl groups excluding tert-OH is 20. The minimum atomic E-state index is -2.28. The number of carbonyl (C=O) groups excluding carboxylic acids is 2. The lowest BCUT2D eigenvalue weighted by atomic mass is 9.94. The molecule has 81 heavy (non-hydrogen) atoms. The molecule has 2 amide bonds. The topological polar surface area (TPSA) is 574 Å². The van der Waals surface area contributed by atoms with E-state index in [9.17, 15) is 112 Å². The van der Waals surface area contributed by atoms with Gasteiger partial charge in [0.2, 0.25) is 11.8 Å². The molecule has 22 N–H and O–H groups in total. The molecule has 0 unspecified atom stereocenters. The van der Waals surface area contributed by atoms with Crippen molar-refractivity contribution in [3.8, 4) is 0 Å². The molecule has 6 aliphatic rings. The fraction of sp³-hybridized carbons (Fsp3) is 0.956. The Kier molecular flexibility index (Phi) is 25.0. The van der Waals surface area contributed by atoms with Crippen LogP contribution in [0.5, 0.6) is 0 Å². The normalized spacial score (nSPS) is 46.7. The Bertz CT molecular complexity index is 1940. The van der Waals surface area contributed by atoms with Crippen molar-refractivity contribution in [2.75, 3.05) is 46.2 Å². The molecule has 6 saturated heterocycles. The molecule has 36 heteroatoms. The average Bonchev–Trinajstić information content (AvgIpc) is 3.48. The maximum absolute atomic E-state index is 12.9. The van der Waals surface area contributed by atoms with Crippen LogP contribution in [0, 0.1) is 0 Å². The highest BCUT2D eigenvalue weighted by Crippen LogP contribution is 2.37. The predicted octanol–water partition coefficient (Wildman–Crippen LogP) is -14.7. The van der Waals surface area contributed by atoms with Crippen molar-refractivity contribution < 1.29 is 169 Å². The molecule has 6 fully saturated rings. The summed E-state index contributed by atoms with van der Waals surface area (Å²) in [5.74, 6) is -1.75. The van der Waals surface area contributed by atoms with Crippen LogP contribution in [0.25, 0.3) is 0 Å². The summed E-state index contributed by atoms with van der Waals surface area (Å²) in [6, 6.07) is -3.61. The van der Waals surface area contributed by atoms with E-state index in [0.29, 0.717) is 0 Å². The molecule has 0 radical (unpaired) electrons. The molecule has 0 aromatic carbocycles. The molecule has 0 aliphatic carbocycles. The Hall–Kier alpha value is -2.34. The SMILES string of the molecule is CC(=O)N[C@H]1[C@H](O[C@@H]([C@H](O)[C@H](CO)NC(C)=O)[C@H](O)CO[C@@H]2O[C@@H](C)[C@@H](O)[C@@H](O)[C@@H]2O)O[C@H](CO)[C@@H](O[C@@H]2O[C@H](CO[C@H]3O[C@H](CO)[C@@H](O)[C@H](O)[C@@H]3O)[C@@H](O)[C@H](O[C@H]3O[C@H](CO)[C@@H](O)[C@H](O)[C@@H]3O)[C@@H]2O[C@@H]2OC[C@@H](O)[C@H](O)[C@H]2O)[C@@H]1O. The van der Waals surface area contributed by atoms with Crippen molar-refractivity contribution in [1.29, 1.82) is 0 Å². The number of amides is 2. The van der Waals surface area contributed by atoms with Crippen molar-refractivity contribution >= 4 is 11.8 Å². The number of hydrogen-bond donors (Lipinski definition) is 22. The quantitative estimate of drug-likeness (QED) is 0.0452. The second-order valence-corrected chi connectivity index (χ2v) is 20.4. The van der Waals surface area contributed by atoms with Gasteiger partial charge in [-0.05, 0) is 6.92 Å². The highest BCUT2D eigenvalue weighted by molar-refractivity contribution is 5.73. The Balaban J connectivity index is 1.37. The predicted molar refractivity (Wildman–Crippen MR) is 250 cm³/mol. The molecule has 6 rings (SSSR count). The van der Waals surface area contributed by atoms with Gasteiger partial charge in [0.05, 0.1) is 58.4 Å². The van der Waals surface area contributed by atoms with E-state index < -0.39 is 260 Å². The fourth-order valence-electron chi connectivity index (χ4n) is 9.84. The zero-order chi connectivity index (χ0) is 60.1. The van der Waals surface area contributed by atoms with Gasteiger partial charge in [-0.1, -0.05) is 0 Å². The van der Waals surface area contributed by atoms with Gasteiger partial charge in [-0.25, -0.2) is 0 Å². The van der Waals surface area contributed by atoms with Crippen molar-refractivity contribution in [2.24, 2.45) is 0 Å². The second kappa shape index (κ2) is 29.8. The molecule has 472 valence electrons. The van der Waals surface area contributed by atoms with Gasteiger partial charge in [-0.3, -0.25) is 9.59 Å². The van der Waals surface area contributed by atoms with Gasteiger partial charge in [-0.2, -0.15) is 0 Å². The van der Waals surface area contributed by atoms with Gasteiger partial charge in [0.25, 0.3) is 0 Å². The highest BCUT2D eigenvalue weighted by atomic mass is 16.8. The summed E-state index contributed by atoms with van der Waals surface area (Å²) in [5.41, 5.74) is 0. The summed E-state index contributed by atoms with van der Waals surface area (Å²) in [6.07, 6.45) is -61.0. The van der Waals surface area contributed by atoms with Crippen LogP contribution >= 0.6 is 0 Å². The van der Waals surface area contributed by atoms with Crippen molar-refractivity contribution in [3.05, 3.63) is 0 Å². The first-order valence-electron chi connectivity index (χ1n) is 25.8. The summed E-state index contributed by atoms with van der Waals surface area (Å²) in [4.78, 5) is 25.1. The zero-order valence-corrected chi connectivity index (χ0v) is 43.7. The average molecular weight is 1190 g/mol. The first kappa shape index (κ1) is 67.8. The van der Waals surface area contributed by atoms with Crippen LogP contribution in [0.2, 0.25) is 0 Å². The van der Waals surface area contributed by atoms with E-state index in [1.807, 2.05) is 0 Å². The lowest BCUT2D eigenvalue weighted by Gasteiger charge is -2.51. The van der Waals surface area contributed by atoms with Gasteiger partial charge < -0.3 is 170 Å². The minimum Gasteiger partial charge on any atom is -0.394 e. The lowest BCUT2D eigenvalue weighted by Crippen LogP contribution is -2.70. The van der Waals surface area contributed by atoms with Crippen LogP contribution in [0.15, 0.2) is 0 Å². The molecule has 6 aliphatic heterocycles. The van der Waals surface area contributed by atoms with E-state index in [4.69, 9.17) is 56.8 Å².